The van der Waals surface area contributed by atoms with E-state index in [9.17, 15) is 0 Å². The van der Waals surface area contributed by atoms with Crippen molar-refractivity contribution in [2.45, 2.75) is 26.3 Å². The van der Waals surface area contributed by atoms with Gasteiger partial charge in [0.25, 0.3) is 0 Å². The van der Waals surface area contributed by atoms with Crippen LogP contribution in [0, 0.1) is 0 Å². The van der Waals surface area contributed by atoms with Crippen LogP contribution in [0.5, 0.6) is 0 Å². The molecule has 30 heavy (non-hydrogen) atoms. The van der Waals surface area contributed by atoms with Crippen molar-refractivity contribution in [2.75, 3.05) is 13.1 Å². The second kappa shape index (κ2) is 10.9. The summed E-state index contributed by atoms with van der Waals surface area (Å²) in [6.07, 6.45) is 5.64. The van der Waals surface area contributed by atoms with E-state index >= 15 is 0 Å². The molecule has 0 radical (unpaired) electrons. The fourth-order valence-corrected chi connectivity index (χ4v) is 3.31. The van der Waals surface area contributed by atoms with Gasteiger partial charge in [0, 0.05) is 37.3 Å². The van der Waals surface area contributed by atoms with Crippen LogP contribution < -0.4 is 10.6 Å². The van der Waals surface area contributed by atoms with Crippen molar-refractivity contribution in [1.29, 1.82) is 0 Å². The van der Waals surface area contributed by atoms with Crippen molar-refractivity contribution < 1.29 is 0 Å². The van der Waals surface area contributed by atoms with Gasteiger partial charge < -0.3 is 10.6 Å². The van der Waals surface area contributed by atoms with Gasteiger partial charge in [-0.1, -0.05) is 24.3 Å². The minimum absolute atomic E-state index is 0. The van der Waals surface area contributed by atoms with E-state index in [1.54, 1.807) is 0 Å². The van der Waals surface area contributed by atoms with Crippen LogP contribution in [0.25, 0.3) is 16.6 Å². The Morgan fingerprint density at radius 3 is 2.80 bits per heavy atom. The summed E-state index contributed by atoms with van der Waals surface area (Å²) in [5, 5.41) is 16.4. The Morgan fingerprint density at radius 1 is 1.03 bits per heavy atom. The Labute approximate surface area is 193 Å². The molecule has 3 heterocycles. The fraction of sp³-hybridized carbons (Fsp3) is 0.273. The van der Waals surface area contributed by atoms with E-state index in [0.29, 0.717) is 6.54 Å². The second-order valence-electron chi connectivity index (χ2n) is 6.76. The molecule has 0 amide bonds. The molecule has 156 valence electrons. The molecule has 0 unspecified atom stereocenters. The maximum absolute atomic E-state index is 4.75. The van der Waals surface area contributed by atoms with Gasteiger partial charge in [-0.05, 0) is 43.2 Å². The molecule has 1 aromatic carbocycles. The lowest BCUT2D eigenvalue weighted by Crippen LogP contribution is -2.37. The molecule has 0 spiro atoms. The molecule has 0 aliphatic heterocycles. The average molecular weight is 515 g/mol. The first kappa shape index (κ1) is 21.9. The summed E-state index contributed by atoms with van der Waals surface area (Å²) < 4.78 is 2.04. The summed E-state index contributed by atoms with van der Waals surface area (Å²) in [5.41, 5.74) is 3.05. The molecule has 2 N–H and O–H groups in total. The van der Waals surface area contributed by atoms with E-state index in [2.05, 4.69) is 38.8 Å². The van der Waals surface area contributed by atoms with Crippen molar-refractivity contribution in [3.05, 3.63) is 72.3 Å². The molecule has 0 aliphatic carbocycles. The average Bonchev–Trinajstić information content (AvgIpc) is 3.18. The lowest BCUT2D eigenvalue weighted by Gasteiger charge is -2.11. The molecule has 8 heteroatoms. The van der Waals surface area contributed by atoms with Crippen LogP contribution in [0.2, 0.25) is 0 Å². The highest BCUT2D eigenvalue weighted by molar-refractivity contribution is 14.0. The van der Waals surface area contributed by atoms with E-state index in [0.717, 1.165) is 54.3 Å². The third-order valence-electron chi connectivity index (χ3n) is 4.75. The molecule has 7 nitrogen and oxygen atoms in total. The summed E-state index contributed by atoms with van der Waals surface area (Å²) in [5.74, 6) is 1.80. The van der Waals surface area contributed by atoms with Crippen molar-refractivity contribution in [1.82, 2.24) is 30.2 Å². The van der Waals surface area contributed by atoms with Crippen LogP contribution in [0.3, 0.4) is 0 Å². The maximum atomic E-state index is 4.75. The molecule has 0 fully saturated rings. The number of nitrogens with zero attached hydrogens (tertiary/aromatic N) is 5. The molecule has 0 saturated carbocycles. The minimum Gasteiger partial charge on any atom is -0.357 e. The van der Waals surface area contributed by atoms with E-state index in [4.69, 9.17) is 4.99 Å². The number of hydrogen-bond donors (Lipinski definition) is 2. The Morgan fingerprint density at radius 2 is 1.90 bits per heavy atom. The number of rotatable bonds is 7. The summed E-state index contributed by atoms with van der Waals surface area (Å²) in [6.45, 7) is 4.30. The number of halogens is 1. The molecule has 0 bridgehead atoms. The third kappa shape index (κ3) is 5.24. The van der Waals surface area contributed by atoms with Gasteiger partial charge in [-0.25, -0.2) is 4.99 Å². The zero-order chi connectivity index (χ0) is 19.9. The van der Waals surface area contributed by atoms with Crippen molar-refractivity contribution in [3.63, 3.8) is 0 Å². The summed E-state index contributed by atoms with van der Waals surface area (Å²) in [6, 6.07) is 16.1. The van der Waals surface area contributed by atoms with Crippen LogP contribution in [0.15, 0.2) is 65.9 Å². The van der Waals surface area contributed by atoms with E-state index in [-0.39, 0.29) is 24.0 Å². The van der Waals surface area contributed by atoms with Crippen LogP contribution in [-0.4, -0.2) is 38.6 Å². The molecular formula is C22H26IN7. The number of aromatic nitrogens is 4. The van der Waals surface area contributed by atoms with Gasteiger partial charge in [0.1, 0.15) is 5.82 Å². The van der Waals surface area contributed by atoms with Crippen molar-refractivity contribution >= 4 is 46.5 Å². The highest BCUT2D eigenvalue weighted by atomic mass is 127. The van der Waals surface area contributed by atoms with Gasteiger partial charge in [0.05, 0.1) is 12.1 Å². The maximum Gasteiger partial charge on any atom is 0.191 e. The monoisotopic (exact) mass is 515 g/mol. The predicted octanol–water partition coefficient (Wildman–Crippen LogP) is 3.58. The first-order valence-corrected chi connectivity index (χ1v) is 9.98. The fourth-order valence-electron chi connectivity index (χ4n) is 3.31. The van der Waals surface area contributed by atoms with Crippen LogP contribution in [0.4, 0.5) is 0 Å². The van der Waals surface area contributed by atoms with E-state index < -0.39 is 0 Å². The largest absolute Gasteiger partial charge is 0.357 e. The normalized spacial score (nSPS) is 11.4. The quantitative estimate of drug-likeness (QED) is 0.170. The summed E-state index contributed by atoms with van der Waals surface area (Å²) in [4.78, 5) is 9.17. The number of benzene rings is 1. The first-order valence-electron chi connectivity index (χ1n) is 9.98. The second-order valence-corrected chi connectivity index (χ2v) is 6.76. The number of fused-ring (bicyclic) bond motifs is 2. The Hall–Kier alpha value is -2.75. The lowest BCUT2D eigenvalue weighted by molar-refractivity contribution is 0.715. The molecular weight excluding hydrogens is 489 g/mol. The number of guanidine groups is 1. The van der Waals surface area contributed by atoms with Crippen LogP contribution in [0.1, 0.15) is 24.7 Å². The Kier molecular flexibility index (Phi) is 7.95. The standard InChI is InChI=1S/C22H25N7.HI/c1-2-23-22(26-16-17-12-14-24-19-9-4-3-8-18(17)19)25-13-7-11-21-28-27-20-10-5-6-15-29(20)21;/h3-6,8-10,12,14-15H,2,7,11,13,16H2,1H3,(H2,23,25,26);1H. The number of aliphatic imine (C=N–C) groups is 1. The first-order chi connectivity index (χ1) is 14.3. The molecule has 3 aromatic heterocycles. The van der Waals surface area contributed by atoms with Gasteiger partial charge in [-0.3, -0.25) is 9.38 Å². The predicted molar refractivity (Wildman–Crippen MR) is 131 cm³/mol. The molecule has 0 aliphatic rings. The molecule has 0 atom stereocenters. The highest BCUT2D eigenvalue weighted by Gasteiger charge is 2.05. The Bertz CT molecular complexity index is 1120. The van der Waals surface area contributed by atoms with E-state index in [1.165, 1.54) is 5.56 Å². The lowest BCUT2D eigenvalue weighted by atomic mass is 10.1. The zero-order valence-corrected chi connectivity index (χ0v) is 19.3. The number of para-hydroxylation sites is 1. The molecule has 4 rings (SSSR count). The van der Waals surface area contributed by atoms with Crippen LogP contribution >= 0.6 is 24.0 Å². The molecule has 4 aromatic rings. The highest BCUT2D eigenvalue weighted by Crippen LogP contribution is 2.16. The number of hydrogen-bond acceptors (Lipinski definition) is 4. The minimum atomic E-state index is 0. The zero-order valence-electron chi connectivity index (χ0n) is 17.0. The van der Waals surface area contributed by atoms with Gasteiger partial charge in [0.2, 0.25) is 0 Å². The number of nitrogens with one attached hydrogen (secondary N) is 2. The number of aryl methyl sites for hydroxylation is 1. The van der Waals surface area contributed by atoms with Gasteiger partial charge in [-0.15, -0.1) is 34.2 Å². The van der Waals surface area contributed by atoms with Crippen molar-refractivity contribution in [3.8, 4) is 0 Å². The van der Waals surface area contributed by atoms with E-state index in [1.807, 2.05) is 59.3 Å². The third-order valence-corrected chi connectivity index (χ3v) is 4.75. The summed E-state index contributed by atoms with van der Waals surface area (Å²) >= 11 is 0. The number of pyridine rings is 2. The molecule has 0 saturated heterocycles. The smallest absolute Gasteiger partial charge is 0.191 e. The topological polar surface area (TPSA) is 79.5 Å². The van der Waals surface area contributed by atoms with Gasteiger partial charge in [0.15, 0.2) is 11.6 Å². The van der Waals surface area contributed by atoms with Gasteiger partial charge >= 0.3 is 0 Å². The van der Waals surface area contributed by atoms with Crippen molar-refractivity contribution in [2.24, 2.45) is 4.99 Å². The van der Waals surface area contributed by atoms with Crippen LogP contribution in [-0.2, 0) is 13.0 Å². The van der Waals surface area contributed by atoms with Gasteiger partial charge in [-0.2, -0.15) is 0 Å². The summed E-state index contributed by atoms with van der Waals surface area (Å²) in [7, 11) is 0. The Balaban J connectivity index is 0.00000256. The SMILES string of the molecule is CCNC(=NCc1ccnc2ccccc12)NCCCc1nnc2ccccn12.I.